The van der Waals surface area contributed by atoms with Crippen molar-refractivity contribution in [3.63, 3.8) is 0 Å². The van der Waals surface area contributed by atoms with E-state index in [2.05, 4.69) is 27.7 Å². The molecule has 0 atom stereocenters. The third kappa shape index (κ3) is 1.80. The van der Waals surface area contributed by atoms with Crippen LogP contribution in [0.1, 0.15) is 73.1 Å². The molecule has 0 amide bonds. The van der Waals surface area contributed by atoms with Gasteiger partial charge in [0.25, 0.3) is 0 Å². The summed E-state index contributed by atoms with van der Waals surface area (Å²) in [4.78, 5) is 21.9. The predicted octanol–water partition coefficient (Wildman–Crippen LogP) is 4.30. The summed E-state index contributed by atoms with van der Waals surface area (Å²) >= 11 is 0. The minimum absolute atomic E-state index is 0.171. The van der Waals surface area contributed by atoms with Gasteiger partial charge in [-0.15, -0.1) is 0 Å². The van der Waals surface area contributed by atoms with Crippen LogP contribution in [0.5, 0.6) is 0 Å². The molecule has 0 radical (unpaired) electrons. The van der Waals surface area contributed by atoms with Gasteiger partial charge < -0.3 is 5.11 Å². The lowest BCUT2D eigenvalue weighted by Gasteiger charge is -2.71. The zero-order valence-corrected chi connectivity index (χ0v) is 14.7. The highest BCUT2D eigenvalue weighted by atomic mass is 16.4. The number of ketones is 1. The monoisotopic (exact) mass is 306 g/mol. The molecule has 6 saturated carbocycles. The second kappa shape index (κ2) is 4.36. The molecule has 0 aromatic heterocycles. The van der Waals surface area contributed by atoms with Crippen molar-refractivity contribution in [2.24, 2.45) is 33.5 Å². The molecule has 124 valence electrons. The Morgan fingerprint density at radius 1 is 0.773 bits per heavy atom. The normalized spacial score (nSPS) is 46.5. The van der Waals surface area contributed by atoms with Crippen LogP contribution >= 0.6 is 0 Å². The van der Waals surface area contributed by atoms with E-state index in [4.69, 9.17) is 5.11 Å². The van der Waals surface area contributed by atoms with Gasteiger partial charge in [-0.3, -0.25) is 9.59 Å². The maximum atomic E-state index is 11.2. The highest BCUT2D eigenvalue weighted by Gasteiger charge is 2.72. The highest BCUT2D eigenvalue weighted by molar-refractivity contribution is 5.86. The lowest BCUT2D eigenvalue weighted by Crippen LogP contribution is -2.67. The summed E-state index contributed by atoms with van der Waals surface area (Å²) in [6, 6.07) is 0. The zero-order chi connectivity index (χ0) is 16.6. The summed E-state index contributed by atoms with van der Waals surface area (Å²) < 4.78 is 0. The molecule has 0 spiro atoms. The molecule has 6 rings (SSSR count). The second-order valence-electron chi connectivity index (χ2n) is 9.52. The van der Waals surface area contributed by atoms with Crippen molar-refractivity contribution in [1.82, 2.24) is 0 Å². The first kappa shape index (κ1) is 16.0. The number of hydrogen-bond acceptors (Lipinski definition) is 2. The molecule has 1 N–H and O–H groups in total. The van der Waals surface area contributed by atoms with Gasteiger partial charge in [-0.1, -0.05) is 27.7 Å². The Kier molecular flexibility index (Phi) is 3.17. The van der Waals surface area contributed by atoms with E-state index >= 15 is 0 Å². The summed E-state index contributed by atoms with van der Waals surface area (Å²) in [5.41, 5.74) is 0.915. The van der Waals surface area contributed by atoms with Gasteiger partial charge in [0.1, 0.15) is 5.78 Å². The number of carboxylic acid groups (broad SMARTS) is 1. The van der Waals surface area contributed by atoms with Gasteiger partial charge in [0.15, 0.2) is 0 Å². The lowest BCUT2D eigenvalue weighted by molar-refractivity contribution is -0.238. The highest BCUT2D eigenvalue weighted by Crippen LogP contribution is 2.77. The molecule has 0 unspecified atom stereocenters. The van der Waals surface area contributed by atoms with Gasteiger partial charge in [0.2, 0.25) is 0 Å². The maximum Gasteiger partial charge on any atom is 0.309 e. The maximum absolute atomic E-state index is 11.2. The molecule has 3 heteroatoms. The van der Waals surface area contributed by atoms with Crippen LogP contribution in [-0.2, 0) is 9.59 Å². The molecule has 0 heterocycles. The Hall–Kier alpha value is -0.860. The van der Waals surface area contributed by atoms with Crippen LogP contribution in [-0.4, -0.2) is 16.9 Å². The largest absolute Gasteiger partial charge is 0.481 e. The standard InChI is InChI=1S/C10H16O.C9H14O2/c1-7(2)9-4-10(5-9,6-9)8(3)11;1-6(2)8-3-9(4-8,5-8)7(10)11/h7H,4-6H2,1-3H3;6H,3-5H2,1-2H3,(H,10,11). The predicted molar refractivity (Wildman–Crippen MR) is 85.4 cm³/mol. The van der Waals surface area contributed by atoms with E-state index in [1.54, 1.807) is 6.92 Å². The van der Waals surface area contributed by atoms with E-state index in [0.29, 0.717) is 22.5 Å². The van der Waals surface area contributed by atoms with Crippen LogP contribution in [0.3, 0.4) is 0 Å². The van der Waals surface area contributed by atoms with Gasteiger partial charge in [0.05, 0.1) is 5.41 Å². The number of carboxylic acids is 1. The Morgan fingerprint density at radius 3 is 1.32 bits per heavy atom. The number of hydrogen-bond donors (Lipinski definition) is 1. The molecule has 6 fully saturated rings. The van der Waals surface area contributed by atoms with E-state index < -0.39 is 5.97 Å². The van der Waals surface area contributed by atoms with Gasteiger partial charge in [-0.25, -0.2) is 0 Å². The fourth-order valence-corrected chi connectivity index (χ4v) is 5.56. The first-order chi connectivity index (χ1) is 10.0. The topological polar surface area (TPSA) is 54.4 Å². The molecule has 0 aliphatic heterocycles. The first-order valence-corrected chi connectivity index (χ1v) is 8.76. The Bertz CT molecular complexity index is 441. The van der Waals surface area contributed by atoms with E-state index in [1.165, 1.54) is 19.3 Å². The number of carbonyl (C=O) groups is 2. The molecular weight excluding hydrogens is 276 g/mol. The molecule has 0 aromatic carbocycles. The van der Waals surface area contributed by atoms with E-state index in [0.717, 1.165) is 25.2 Å². The smallest absolute Gasteiger partial charge is 0.309 e. The van der Waals surface area contributed by atoms with Gasteiger partial charge in [0, 0.05) is 5.41 Å². The quantitative estimate of drug-likeness (QED) is 0.842. The number of carbonyl (C=O) groups excluding carboxylic acids is 1. The Morgan fingerprint density at radius 2 is 1.09 bits per heavy atom. The van der Waals surface area contributed by atoms with Crippen LogP contribution in [0.4, 0.5) is 0 Å². The van der Waals surface area contributed by atoms with E-state index in [1.807, 2.05) is 0 Å². The minimum Gasteiger partial charge on any atom is -0.481 e. The summed E-state index contributed by atoms with van der Waals surface area (Å²) in [7, 11) is 0. The van der Waals surface area contributed by atoms with Crippen molar-refractivity contribution in [2.75, 3.05) is 0 Å². The lowest BCUT2D eigenvalue weighted by atomic mass is 9.31. The van der Waals surface area contributed by atoms with Crippen LogP contribution in [0, 0.1) is 33.5 Å². The van der Waals surface area contributed by atoms with Crippen LogP contribution in [0.2, 0.25) is 0 Å². The van der Waals surface area contributed by atoms with Crippen molar-refractivity contribution in [3.8, 4) is 0 Å². The molecule has 0 aromatic rings. The summed E-state index contributed by atoms with van der Waals surface area (Å²) in [5, 5.41) is 8.83. The van der Waals surface area contributed by atoms with Gasteiger partial charge in [-0.2, -0.15) is 0 Å². The SMILES string of the molecule is CC(=O)C12CC(C(C)C)(C1)C2.CC(C)C12CC(C(=O)O)(C1)C2. The van der Waals surface area contributed by atoms with Gasteiger partial charge >= 0.3 is 5.97 Å². The molecule has 6 aliphatic rings. The second-order valence-corrected chi connectivity index (χ2v) is 9.52. The fourth-order valence-electron chi connectivity index (χ4n) is 5.56. The van der Waals surface area contributed by atoms with Crippen molar-refractivity contribution in [2.45, 2.75) is 73.1 Å². The third-order valence-corrected chi connectivity index (χ3v) is 7.79. The third-order valence-electron chi connectivity index (χ3n) is 7.79. The molecule has 3 nitrogen and oxygen atoms in total. The number of rotatable bonds is 4. The van der Waals surface area contributed by atoms with Crippen LogP contribution in [0.15, 0.2) is 0 Å². The average molecular weight is 306 g/mol. The fraction of sp³-hybridized carbons (Fsp3) is 0.895. The molecule has 4 bridgehead atoms. The van der Waals surface area contributed by atoms with Crippen molar-refractivity contribution in [1.29, 1.82) is 0 Å². The Balaban J connectivity index is 0.000000131. The summed E-state index contributed by atoms with van der Waals surface area (Å²) in [5.74, 6) is 1.31. The van der Waals surface area contributed by atoms with Crippen LogP contribution in [0.25, 0.3) is 0 Å². The first-order valence-electron chi connectivity index (χ1n) is 8.76. The Labute approximate surface area is 133 Å². The molecule has 22 heavy (non-hydrogen) atoms. The molecular formula is C19H30O3. The average Bonchev–Trinajstić information content (AvgIpc) is 2.04. The molecule has 0 saturated heterocycles. The van der Waals surface area contributed by atoms with E-state index in [-0.39, 0.29) is 10.8 Å². The van der Waals surface area contributed by atoms with Crippen molar-refractivity contribution in [3.05, 3.63) is 0 Å². The van der Waals surface area contributed by atoms with Gasteiger partial charge in [-0.05, 0) is 68.1 Å². The zero-order valence-electron chi connectivity index (χ0n) is 14.7. The summed E-state index contributed by atoms with van der Waals surface area (Å²) in [6.45, 7) is 10.7. The molecule has 6 aliphatic carbocycles. The van der Waals surface area contributed by atoms with E-state index in [9.17, 15) is 9.59 Å². The van der Waals surface area contributed by atoms with Crippen molar-refractivity contribution < 1.29 is 14.7 Å². The number of Topliss-reactive ketones (excluding diaryl/α,β-unsaturated/α-hetero) is 1. The number of aliphatic carboxylic acids is 1. The van der Waals surface area contributed by atoms with Crippen LogP contribution < -0.4 is 0 Å². The van der Waals surface area contributed by atoms with Crippen molar-refractivity contribution >= 4 is 11.8 Å². The minimum atomic E-state index is -0.569. The summed E-state index contributed by atoms with van der Waals surface area (Å²) in [6.07, 6.45) is 6.38.